The highest BCUT2D eigenvalue weighted by Crippen LogP contribution is 2.17. The van der Waals surface area contributed by atoms with Gasteiger partial charge in [-0.2, -0.15) is 0 Å². The smallest absolute Gasteiger partial charge is 0.260 e. The van der Waals surface area contributed by atoms with Crippen molar-refractivity contribution in [3.63, 3.8) is 0 Å². The molecule has 1 aromatic carbocycles. The van der Waals surface area contributed by atoms with Crippen LogP contribution in [0.5, 0.6) is 0 Å². The van der Waals surface area contributed by atoms with E-state index in [0.717, 1.165) is 12.8 Å². The van der Waals surface area contributed by atoms with Crippen LogP contribution in [0.15, 0.2) is 29.4 Å². The molecule has 1 aliphatic rings. The molecule has 102 valence electrons. The molecule has 1 saturated carbocycles. The van der Waals surface area contributed by atoms with Crippen molar-refractivity contribution < 1.29 is 14.0 Å². The minimum atomic E-state index is -0.331. The van der Waals surface area contributed by atoms with Crippen molar-refractivity contribution in [1.82, 2.24) is 5.32 Å². The second-order valence-electron chi connectivity index (χ2n) is 4.61. The molecule has 0 radical (unpaired) electrons. The number of carbonyl (C=O) groups excluding carboxylic acids is 1. The number of oxime groups is 1. The summed E-state index contributed by atoms with van der Waals surface area (Å²) in [5.74, 6) is -0.494. The summed E-state index contributed by atoms with van der Waals surface area (Å²) in [6.07, 6.45) is 5.80. The van der Waals surface area contributed by atoms with Gasteiger partial charge in [-0.1, -0.05) is 30.1 Å². The number of nitrogens with zero attached hydrogens (tertiary/aromatic N) is 1. The van der Waals surface area contributed by atoms with E-state index in [4.69, 9.17) is 4.84 Å². The average molecular weight is 264 g/mol. The number of carbonyl (C=O) groups is 1. The van der Waals surface area contributed by atoms with Gasteiger partial charge in [0, 0.05) is 6.04 Å². The Kier molecular flexibility index (Phi) is 4.89. The molecule has 0 saturated heterocycles. The summed E-state index contributed by atoms with van der Waals surface area (Å²) in [5.41, 5.74) is 0.594. The monoisotopic (exact) mass is 264 g/mol. The summed E-state index contributed by atoms with van der Waals surface area (Å²) in [6.45, 7) is -0.109. The molecule has 1 amide bonds. The fourth-order valence-corrected chi connectivity index (χ4v) is 2.12. The Morgan fingerprint density at radius 2 is 2.26 bits per heavy atom. The van der Waals surface area contributed by atoms with Crippen LogP contribution in [0, 0.1) is 5.82 Å². The number of benzene rings is 1. The topological polar surface area (TPSA) is 50.7 Å². The molecule has 0 atom stereocenters. The molecule has 4 nitrogen and oxygen atoms in total. The lowest BCUT2D eigenvalue weighted by Crippen LogP contribution is -2.34. The maximum Gasteiger partial charge on any atom is 0.260 e. The highest BCUT2D eigenvalue weighted by Gasteiger charge is 2.16. The zero-order valence-corrected chi connectivity index (χ0v) is 10.6. The number of hydrogen-bond acceptors (Lipinski definition) is 3. The van der Waals surface area contributed by atoms with Gasteiger partial charge >= 0.3 is 0 Å². The summed E-state index contributed by atoms with van der Waals surface area (Å²) in [4.78, 5) is 16.4. The van der Waals surface area contributed by atoms with Crippen LogP contribution in [-0.4, -0.2) is 24.8 Å². The van der Waals surface area contributed by atoms with Crippen molar-refractivity contribution in [3.05, 3.63) is 35.6 Å². The molecule has 19 heavy (non-hydrogen) atoms. The number of amides is 1. The van der Waals surface area contributed by atoms with E-state index >= 15 is 0 Å². The molecule has 5 heteroatoms. The molecule has 0 bridgehead atoms. The van der Waals surface area contributed by atoms with Gasteiger partial charge in [0.15, 0.2) is 6.61 Å². The van der Waals surface area contributed by atoms with Crippen molar-refractivity contribution in [1.29, 1.82) is 0 Å². The lowest BCUT2D eigenvalue weighted by Gasteiger charge is -2.10. The third-order valence-corrected chi connectivity index (χ3v) is 3.04. The molecule has 0 heterocycles. The van der Waals surface area contributed by atoms with E-state index in [1.54, 1.807) is 12.1 Å². The van der Waals surface area contributed by atoms with Crippen LogP contribution in [0.3, 0.4) is 0 Å². The second-order valence-corrected chi connectivity index (χ2v) is 4.61. The van der Waals surface area contributed by atoms with Gasteiger partial charge in [0.05, 0.1) is 6.21 Å². The van der Waals surface area contributed by atoms with Crippen molar-refractivity contribution in [2.24, 2.45) is 5.16 Å². The minimum absolute atomic E-state index is 0.109. The molecule has 1 aliphatic carbocycles. The SMILES string of the molecule is O=C(CO/N=C\c1cccc(F)c1)NC1CCCC1. The first-order valence-corrected chi connectivity index (χ1v) is 6.44. The van der Waals surface area contributed by atoms with Crippen LogP contribution in [0.1, 0.15) is 31.2 Å². The summed E-state index contributed by atoms with van der Waals surface area (Å²) in [6, 6.07) is 6.26. The van der Waals surface area contributed by atoms with Crippen LogP contribution in [0.25, 0.3) is 0 Å². The quantitative estimate of drug-likeness (QED) is 0.655. The molecule has 0 unspecified atom stereocenters. The minimum Gasteiger partial charge on any atom is -0.386 e. The first-order valence-electron chi connectivity index (χ1n) is 6.44. The lowest BCUT2D eigenvalue weighted by molar-refractivity contribution is -0.126. The lowest BCUT2D eigenvalue weighted by atomic mass is 10.2. The van der Waals surface area contributed by atoms with E-state index < -0.39 is 0 Å². The van der Waals surface area contributed by atoms with Crippen molar-refractivity contribution in [2.45, 2.75) is 31.7 Å². The Morgan fingerprint density at radius 1 is 1.47 bits per heavy atom. The maximum absolute atomic E-state index is 12.9. The van der Waals surface area contributed by atoms with Gasteiger partial charge in [-0.15, -0.1) is 0 Å². The third kappa shape index (κ3) is 4.69. The van der Waals surface area contributed by atoms with Crippen LogP contribution >= 0.6 is 0 Å². The van der Waals surface area contributed by atoms with Gasteiger partial charge in [0.25, 0.3) is 5.91 Å². The molecular formula is C14H17FN2O2. The molecular weight excluding hydrogens is 247 g/mol. The van der Waals surface area contributed by atoms with E-state index in [2.05, 4.69) is 10.5 Å². The highest BCUT2D eigenvalue weighted by atomic mass is 19.1. The third-order valence-electron chi connectivity index (χ3n) is 3.04. The van der Waals surface area contributed by atoms with Crippen molar-refractivity contribution in [2.75, 3.05) is 6.61 Å². The molecule has 0 spiro atoms. The van der Waals surface area contributed by atoms with Gasteiger partial charge in [-0.3, -0.25) is 4.79 Å². The molecule has 0 aromatic heterocycles. The van der Waals surface area contributed by atoms with E-state index in [9.17, 15) is 9.18 Å². The standard InChI is InChI=1S/C14H17FN2O2/c15-12-5-3-4-11(8-12)9-16-19-10-14(18)17-13-6-1-2-7-13/h3-5,8-9,13H,1-2,6-7,10H2,(H,17,18)/b16-9-. The Bertz CT molecular complexity index is 457. The largest absolute Gasteiger partial charge is 0.386 e. The predicted octanol–water partition coefficient (Wildman–Crippen LogP) is 2.24. The molecule has 2 rings (SSSR count). The highest BCUT2D eigenvalue weighted by molar-refractivity contribution is 5.79. The molecule has 1 aromatic rings. The van der Waals surface area contributed by atoms with Gasteiger partial charge in [0.1, 0.15) is 5.82 Å². The van der Waals surface area contributed by atoms with E-state index in [0.29, 0.717) is 5.56 Å². The van der Waals surface area contributed by atoms with E-state index in [1.165, 1.54) is 31.2 Å². The average Bonchev–Trinajstić information content (AvgIpc) is 2.87. The summed E-state index contributed by atoms with van der Waals surface area (Å²) in [5, 5.41) is 6.53. The number of hydrogen-bond donors (Lipinski definition) is 1. The van der Waals surface area contributed by atoms with Crippen LogP contribution in [-0.2, 0) is 9.63 Å². The van der Waals surface area contributed by atoms with Crippen LogP contribution < -0.4 is 5.32 Å². The zero-order valence-electron chi connectivity index (χ0n) is 10.6. The normalized spacial score (nSPS) is 15.8. The van der Waals surface area contributed by atoms with Gasteiger partial charge in [-0.25, -0.2) is 4.39 Å². The predicted molar refractivity (Wildman–Crippen MR) is 70.3 cm³/mol. The fourth-order valence-electron chi connectivity index (χ4n) is 2.12. The van der Waals surface area contributed by atoms with Gasteiger partial charge in [0.2, 0.25) is 0 Å². The van der Waals surface area contributed by atoms with E-state index in [-0.39, 0.29) is 24.4 Å². The van der Waals surface area contributed by atoms with Crippen LogP contribution in [0.2, 0.25) is 0 Å². The first kappa shape index (κ1) is 13.5. The summed E-state index contributed by atoms with van der Waals surface area (Å²) < 4.78 is 12.9. The van der Waals surface area contributed by atoms with Crippen LogP contribution in [0.4, 0.5) is 4.39 Å². The Balaban J connectivity index is 1.69. The molecule has 0 aliphatic heterocycles. The molecule has 1 fully saturated rings. The van der Waals surface area contributed by atoms with Gasteiger partial charge < -0.3 is 10.2 Å². The van der Waals surface area contributed by atoms with Crippen molar-refractivity contribution >= 4 is 12.1 Å². The molecule has 1 N–H and O–H groups in total. The zero-order chi connectivity index (χ0) is 13.5. The fraction of sp³-hybridized carbons (Fsp3) is 0.429. The summed E-state index contributed by atoms with van der Waals surface area (Å²) >= 11 is 0. The van der Waals surface area contributed by atoms with Crippen molar-refractivity contribution in [3.8, 4) is 0 Å². The number of nitrogens with one attached hydrogen (secondary N) is 1. The Morgan fingerprint density at radius 3 is 3.00 bits per heavy atom. The summed E-state index contributed by atoms with van der Waals surface area (Å²) in [7, 11) is 0. The van der Waals surface area contributed by atoms with Gasteiger partial charge in [-0.05, 0) is 30.5 Å². The Hall–Kier alpha value is -1.91. The Labute approximate surface area is 111 Å². The number of rotatable bonds is 5. The maximum atomic E-state index is 12.9. The number of halogens is 1. The first-order chi connectivity index (χ1) is 9.24. The second kappa shape index (κ2) is 6.87. The van der Waals surface area contributed by atoms with E-state index in [1.807, 2.05) is 0 Å².